The predicted molar refractivity (Wildman–Crippen MR) is 86.3 cm³/mol. The lowest BCUT2D eigenvalue weighted by Gasteiger charge is -2.19. The fraction of sp³-hybridized carbons (Fsp3) is 0.562. The van der Waals surface area contributed by atoms with E-state index >= 15 is 0 Å². The van der Waals surface area contributed by atoms with Crippen molar-refractivity contribution < 1.29 is 4.79 Å². The van der Waals surface area contributed by atoms with Gasteiger partial charge in [0.25, 0.3) is 0 Å². The Bertz CT molecular complexity index is 448. The molecular formula is C16H25ClN2O. The van der Waals surface area contributed by atoms with E-state index in [4.69, 9.17) is 5.73 Å². The fourth-order valence-corrected chi connectivity index (χ4v) is 3.00. The molecule has 1 aliphatic carbocycles. The van der Waals surface area contributed by atoms with E-state index in [9.17, 15) is 4.79 Å². The standard InChI is InChI=1S/C16H24N2O.ClH/c1-11(2)13-7-3-4-9-15(13)18-16(19)14-8-5-6-12(14)10-17;/h3-4,7,9,11-12,14H,5-6,8,10,17H2,1-2H3,(H,18,19);1H/t12-,14-;/m1./s1. The summed E-state index contributed by atoms with van der Waals surface area (Å²) in [5, 5.41) is 3.10. The van der Waals surface area contributed by atoms with Crippen molar-refractivity contribution in [2.24, 2.45) is 17.6 Å². The van der Waals surface area contributed by atoms with Crippen LogP contribution in [0.5, 0.6) is 0 Å². The zero-order valence-corrected chi connectivity index (χ0v) is 13.1. The van der Waals surface area contributed by atoms with Crippen LogP contribution in [0.4, 0.5) is 5.69 Å². The quantitative estimate of drug-likeness (QED) is 0.893. The summed E-state index contributed by atoms with van der Waals surface area (Å²) in [4.78, 5) is 12.4. The Morgan fingerprint density at radius 3 is 2.70 bits per heavy atom. The van der Waals surface area contributed by atoms with Crippen molar-refractivity contribution in [3.05, 3.63) is 29.8 Å². The number of anilines is 1. The van der Waals surface area contributed by atoms with Gasteiger partial charge < -0.3 is 11.1 Å². The summed E-state index contributed by atoms with van der Waals surface area (Å²) in [5.74, 6) is 0.989. The molecule has 20 heavy (non-hydrogen) atoms. The lowest BCUT2D eigenvalue weighted by molar-refractivity contribution is -0.120. The molecule has 1 fully saturated rings. The molecular weight excluding hydrogens is 272 g/mol. The smallest absolute Gasteiger partial charge is 0.227 e. The van der Waals surface area contributed by atoms with E-state index in [-0.39, 0.29) is 24.2 Å². The Morgan fingerprint density at radius 1 is 1.35 bits per heavy atom. The van der Waals surface area contributed by atoms with Gasteiger partial charge in [-0.15, -0.1) is 12.4 Å². The highest BCUT2D eigenvalue weighted by Gasteiger charge is 2.32. The third kappa shape index (κ3) is 3.74. The molecule has 1 aromatic rings. The van der Waals surface area contributed by atoms with Gasteiger partial charge in [-0.25, -0.2) is 0 Å². The molecule has 3 nitrogen and oxygen atoms in total. The van der Waals surface area contributed by atoms with Crippen LogP contribution in [0.15, 0.2) is 24.3 Å². The summed E-state index contributed by atoms with van der Waals surface area (Å²) in [6, 6.07) is 8.05. The Morgan fingerprint density at radius 2 is 2.05 bits per heavy atom. The Kier molecular flexibility index (Phi) is 6.50. The first-order chi connectivity index (χ1) is 9.13. The van der Waals surface area contributed by atoms with Gasteiger partial charge in [0, 0.05) is 11.6 Å². The number of carbonyl (C=O) groups is 1. The summed E-state index contributed by atoms with van der Waals surface area (Å²) >= 11 is 0. The summed E-state index contributed by atoms with van der Waals surface area (Å²) in [5.41, 5.74) is 7.90. The second-order valence-corrected chi connectivity index (χ2v) is 5.76. The highest BCUT2D eigenvalue weighted by Crippen LogP contribution is 2.32. The molecule has 0 unspecified atom stereocenters. The van der Waals surface area contributed by atoms with Crippen molar-refractivity contribution in [2.45, 2.75) is 39.0 Å². The third-order valence-electron chi connectivity index (χ3n) is 4.14. The van der Waals surface area contributed by atoms with Crippen molar-refractivity contribution in [2.75, 3.05) is 11.9 Å². The minimum absolute atomic E-state index is 0. The largest absolute Gasteiger partial charge is 0.330 e. The van der Waals surface area contributed by atoms with Crippen LogP contribution >= 0.6 is 12.4 Å². The van der Waals surface area contributed by atoms with Crippen LogP contribution < -0.4 is 11.1 Å². The number of para-hydroxylation sites is 1. The van der Waals surface area contributed by atoms with E-state index in [1.54, 1.807) is 0 Å². The molecule has 0 bridgehead atoms. The second-order valence-electron chi connectivity index (χ2n) is 5.76. The summed E-state index contributed by atoms with van der Waals surface area (Å²) in [6.07, 6.45) is 3.17. The van der Waals surface area contributed by atoms with Gasteiger partial charge in [-0.2, -0.15) is 0 Å². The number of nitrogens with one attached hydrogen (secondary N) is 1. The number of carbonyl (C=O) groups excluding carboxylic acids is 1. The van der Waals surface area contributed by atoms with Crippen molar-refractivity contribution in [3.8, 4) is 0 Å². The first-order valence-electron chi connectivity index (χ1n) is 7.23. The number of benzene rings is 1. The zero-order chi connectivity index (χ0) is 13.8. The van der Waals surface area contributed by atoms with E-state index in [1.807, 2.05) is 18.2 Å². The van der Waals surface area contributed by atoms with Crippen LogP contribution in [0, 0.1) is 11.8 Å². The minimum Gasteiger partial charge on any atom is -0.330 e. The molecule has 3 N–H and O–H groups in total. The lowest BCUT2D eigenvalue weighted by Crippen LogP contribution is -2.30. The lowest BCUT2D eigenvalue weighted by atomic mass is 9.94. The Hall–Kier alpha value is -1.06. The molecule has 0 spiro atoms. The van der Waals surface area contributed by atoms with Gasteiger partial charge in [0.1, 0.15) is 0 Å². The van der Waals surface area contributed by atoms with E-state index in [0.29, 0.717) is 18.4 Å². The average molecular weight is 297 g/mol. The maximum atomic E-state index is 12.4. The first-order valence-corrected chi connectivity index (χ1v) is 7.23. The Balaban J connectivity index is 0.00000200. The molecule has 2 rings (SSSR count). The van der Waals surface area contributed by atoms with E-state index in [0.717, 1.165) is 24.9 Å². The number of rotatable bonds is 4. The van der Waals surface area contributed by atoms with Crippen LogP contribution in [0.3, 0.4) is 0 Å². The molecule has 1 amide bonds. The molecule has 1 saturated carbocycles. The highest BCUT2D eigenvalue weighted by atomic mass is 35.5. The Labute approximate surface area is 127 Å². The van der Waals surface area contributed by atoms with E-state index < -0.39 is 0 Å². The number of halogens is 1. The minimum atomic E-state index is 0. The van der Waals surface area contributed by atoms with Crippen LogP contribution in [-0.4, -0.2) is 12.5 Å². The molecule has 1 aromatic carbocycles. The number of nitrogens with two attached hydrogens (primary N) is 1. The fourth-order valence-electron chi connectivity index (χ4n) is 3.00. The van der Waals surface area contributed by atoms with Gasteiger partial charge in [0.15, 0.2) is 0 Å². The molecule has 0 saturated heterocycles. The normalized spacial score (nSPS) is 21.6. The van der Waals surface area contributed by atoms with Crippen LogP contribution in [0.2, 0.25) is 0 Å². The average Bonchev–Trinajstić information content (AvgIpc) is 2.87. The summed E-state index contributed by atoms with van der Waals surface area (Å²) in [7, 11) is 0. The van der Waals surface area contributed by atoms with E-state index in [1.165, 1.54) is 5.56 Å². The first kappa shape index (κ1) is 17.0. The van der Waals surface area contributed by atoms with Gasteiger partial charge in [-0.05, 0) is 42.9 Å². The topological polar surface area (TPSA) is 55.1 Å². The molecule has 0 aromatic heterocycles. The van der Waals surface area contributed by atoms with Gasteiger partial charge in [-0.3, -0.25) is 4.79 Å². The second kappa shape index (κ2) is 7.65. The maximum Gasteiger partial charge on any atom is 0.227 e. The van der Waals surface area contributed by atoms with Crippen LogP contribution in [0.25, 0.3) is 0 Å². The molecule has 0 heterocycles. The molecule has 1 aliphatic rings. The molecule has 112 valence electrons. The van der Waals surface area contributed by atoms with Crippen molar-refractivity contribution >= 4 is 24.0 Å². The zero-order valence-electron chi connectivity index (χ0n) is 12.3. The van der Waals surface area contributed by atoms with Crippen molar-refractivity contribution in [1.82, 2.24) is 0 Å². The van der Waals surface area contributed by atoms with Gasteiger partial charge in [0.05, 0.1) is 0 Å². The third-order valence-corrected chi connectivity index (χ3v) is 4.14. The molecule has 0 radical (unpaired) electrons. The van der Waals surface area contributed by atoms with Gasteiger partial charge in [0.2, 0.25) is 5.91 Å². The molecule has 0 aliphatic heterocycles. The number of hydrogen-bond donors (Lipinski definition) is 2. The highest BCUT2D eigenvalue weighted by molar-refractivity contribution is 5.93. The number of hydrogen-bond acceptors (Lipinski definition) is 2. The van der Waals surface area contributed by atoms with Crippen LogP contribution in [0.1, 0.15) is 44.6 Å². The summed E-state index contributed by atoms with van der Waals surface area (Å²) < 4.78 is 0. The predicted octanol–water partition coefficient (Wildman–Crippen LogP) is 3.55. The monoisotopic (exact) mass is 296 g/mol. The van der Waals surface area contributed by atoms with Crippen molar-refractivity contribution in [1.29, 1.82) is 0 Å². The number of amides is 1. The molecule has 2 atom stereocenters. The summed E-state index contributed by atoms with van der Waals surface area (Å²) in [6.45, 7) is 4.90. The van der Waals surface area contributed by atoms with E-state index in [2.05, 4.69) is 25.2 Å². The SMILES string of the molecule is CC(C)c1ccccc1NC(=O)[C@@H]1CCC[C@@H]1CN.Cl. The van der Waals surface area contributed by atoms with Crippen molar-refractivity contribution in [3.63, 3.8) is 0 Å². The van der Waals surface area contributed by atoms with Crippen LogP contribution in [-0.2, 0) is 4.79 Å². The maximum absolute atomic E-state index is 12.4. The van der Waals surface area contributed by atoms with Gasteiger partial charge >= 0.3 is 0 Å². The van der Waals surface area contributed by atoms with Gasteiger partial charge in [-0.1, -0.05) is 38.5 Å². The molecule has 4 heteroatoms.